The number of rotatable bonds is 3. The third-order valence-electron chi connectivity index (χ3n) is 2.75. The monoisotopic (exact) mass is 173 g/mol. The normalized spacial score (nSPS) is 23.2. The lowest BCUT2D eigenvalue weighted by molar-refractivity contribution is -0.134. The maximum Gasteiger partial charge on any atom is 0.154 e. The Morgan fingerprint density at radius 1 is 1.25 bits per heavy atom. The second-order valence-corrected chi connectivity index (χ2v) is 4.22. The van der Waals surface area contributed by atoms with Crippen LogP contribution in [-0.4, -0.2) is 41.5 Å². The van der Waals surface area contributed by atoms with E-state index in [4.69, 9.17) is 10.2 Å². The number of aliphatic hydroxyl groups is 2. The molecule has 1 saturated heterocycles. The van der Waals surface area contributed by atoms with E-state index in [1.807, 2.05) is 13.8 Å². The number of hydrogen-bond acceptors (Lipinski definition) is 3. The molecule has 3 nitrogen and oxygen atoms in total. The predicted octanol–water partition coefficient (Wildman–Crippen LogP) is 0.131. The van der Waals surface area contributed by atoms with E-state index in [0.29, 0.717) is 11.8 Å². The Balaban J connectivity index is 2.44. The summed E-state index contributed by atoms with van der Waals surface area (Å²) in [6, 6.07) is 0. The van der Waals surface area contributed by atoms with E-state index in [1.165, 1.54) is 0 Å². The van der Waals surface area contributed by atoms with E-state index in [-0.39, 0.29) is 5.92 Å². The molecule has 1 heterocycles. The third-order valence-corrected chi connectivity index (χ3v) is 2.75. The fourth-order valence-corrected chi connectivity index (χ4v) is 2.12. The Bertz CT molecular complexity index is 133. The van der Waals surface area contributed by atoms with Crippen LogP contribution in [0.1, 0.15) is 13.8 Å². The topological polar surface area (TPSA) is 43.7 Å². The number of nitrogens with zero attached hydrogens (tertiary/aromatic N) is 1. The van der Waals surface area contributed by atoms with Crippen molar-refractivity contribution in [2.24, 2.45) is 17.8 Å². The average molecular weight is 173 g/mol. The smallest absolute Gasteiger partial charge is 0.154 e. The highest BCUT2D eigenvalue weighted by atomic mass is 16.5. The van der Waals surface area contributed by atoms with E-state index in [0.717, 1.165) is 13.1 Å². The van der Waals surface area contributed by atoms with E-state index in [2.05, 4.69) is 11.9 Å². The molecule has 0 radical (unpaired) electrons. The Morgan fingerprint density at radius 3 is 2.00 bits per heavy atom. The lowest BCUT2D eigenvalue weighted by Gasteiger charge is -2.43. The zero-order chi connectivity index (χ0) is 9.30. The SMILES string of the molecule is CC(C)C(C(O)O)C1CN(C)C1. The van der Waals surface area contributed by atoms with E-state index in [9.17, 15) is 0 Å². The van der Waals surface area contributed by atoms with Crippen molar-refractivity contribution in [3.63, 3.8) is 0 Å². The molecule has 3 heteroatoms. The van der Waals surface area contributed by atoms with Crippen molar-refractivity contribution < 1.29 is 10.2 Å². The Labute approximate surface area is 74.0 Å². The number of likely N-dealkylation sites (tertiary alicyclic amines) is 1. The molecule has 0 saturated carbocycles. The number of hydrogen-bond donors (Lipinski definition) is 2. The molecule has 1 unspecified atom stereocenters. The Hall–Kier alpha value is -0.120. The summed E-state index contributed by atoms with van der Waals surface area (Å²) in [6.07, 6.45) is -1.15. The predicted molar refractivity (Wildman–Crippen MR) is 47.5 cm³/mol. The van der Waals surface area contributed by atoms with Crippen LogP contribution in [0.4, 0.5) is 0 Å². The zero-order valence-corrected chi connectivity index (χ0v) is 8.07. The van der Waals surface area contributed by atoms with Gasteiger partial charge in [-0.05, 0) is 18.9 Å². The van der Waals surface area contributed by atoms with Crippen LogP contribution >= 0.6 is 0 Å². The molecular formula is C9H19NO2. The molecule has 0 aliphatic carbocycles. The maximum absolute atomic E-state index is 9.14. The fourth-order valence-electron chi connectivity index (χ4n) is 2.12. The summed E-state index contributed by atoms with van der Waals surface area (Å²) >= 11 is 0. The first-order valence-corrected chi connectivity index (χ1v) is 4.57. The highest BCUT2D eigenvalue weighted by Gasteiger charge is 2.36. The van der Waals surface area contributed by atoms with Crippen molar-refractivity contribution in [2.45, 2.75) is 20.1 Å². The summed E-state index contributed by atoms with van der Waals surface area (Å²) in [7, 11) is 2.05. The van der Waals surface area contributed by atoms with Crippen LogP contribution in [0, 0.1) is 17.8 Å². The van der Waals surface area contributed by atoms with Crippen molar-refractivity contribution in [2.75, 3.05) is 20.1 Å². The second kappa shape index (κ2) is 3.73. The highest BCUT2D eigenvalue weighted by Crippen LogP contribution is 2.30. The Morgan fingerprint density at radius 2 is 1.75 bits per heavy atom. The minimum atomic E-state index is -1.15. The summed E-state index contributed by atoms with van der Waals surface area (Å²) in [5, 5.41) is 18.3. The van der Waals surface area contributed by atoms with Gasteiger partial charge >= 0.3 is 0 Å². The zero-order valence-electron chi connectivity index (χ0n) is 8.07. The molecular weight excluding hydrogens is 154 g/mol. The molecule has 72 valence electrons. The van der Waals surface area contributed by atoms with Crippen LogP contribution < -0.4 is 0 Å². The van der Waals surface area contributed by atoms with Crippen LogP contribution in [0.3, 0.4) is 0 Å². The number of aliphatic hydroxyl groups excluding tert-OH is 1. The summed E-state index contributed by atoms with van der Waals surface area (Å²) in [6.45, 7) is 6.09. The van der Waals surface area contributed by atoms with Crippen molar-refractivity contribution in [1.82, 2.24) is 4.90 Å². The second-order valence-electron chi connectivity index (χ2n) is 4.22. The van der Waals surface area contributed by atoms with E-state index >= 15 is 0 Å². The van der Waals surface area contributed by atoms with Gasteiger partial charge in [-0.3, -0.25) is 0 Å². The molecule has 0 aromatic heterocycles. The molecule has 0 spiro atoms. The van der Waals surface area contributed by atoms with Crippen molar-refractivity contribution in [3.8, 4) is 0 Å². The molecule has 12 heavy (non-hydrogen) atoms. The van der Waals surface area contributed by atoms with Crippen molar-refractivity contribution >= 4 is 0 Å². The molecule has 1 atom stereocenters. The largest absolute Gasteiger partial charge is 0.368 e. The molecule has 0 amide bonds. The van der Waals surface area contributed by atoms with Crippen molar-refractivity contribution in [1.29, 1.82) is 0 Å². The summed E-state index contributed by atoms with van der Waals surface area (Å²) < 4.78 is 0. The van der Waals surface area contributed by atoms with Gasteiger partial charge in [0.05, 0.1) is 0 Å². The summed E-state index contributed by atoms with van der Waals surface area (Å²) in [5.74, 6) is 0.861. The van der Waals surface area contributed by atoms with Gasteiger partial charge in [0.2, 0.25) is 0 Å². The lowest BCUT2D eigenvalue weighted by Crippen LogP contribution is -2.51. The molecule has 1 rings (SSSR count). The highest BCUT2D eigenvalue weighted by molar-refractivity contribution is 4.85. The van der Waals surface area contributed by atoms with E-state index in [1.54, 1.807) is 0 Å². The molecule has 1 aliphatic heterocycles. The minimum Gasteiger partial charge on any atom is -0.368 e. The first-order valence-electron chi connectivity index (χ1n) is 4.57. The van der Waals surface area contributed by atoms with Crippen LogP contribution in [-0.2, 0) is 0 Å². The first kappa shape index (κ1) is 9.96. The first-order chi connectivity index (χ1) is 5.52. The van der Waals surface area contributed by atoms with Gasteiger partial charge in [0.1, 0.15) is 0 Å². The summed E-state index contributed by atoms with van der Waals surface area (Å²) in [5.41, 5.74) is 0. The minimum absolute atomic E-state index is 0.0428. The van der Waals surface area contributed by atoms with Gasteiger partial charge < -0.3 is 15.1 Å². The molecule has 0 aromatic rings. The van der Waals surface area contributed by atoms with Crippen LogP contribution in [0.15, 0.2) is 0 Å². The maximum atomic E-state index is 9.14. The lowest BCUT2D eigenvalue weighted by atomic mass is 9.78. The van der Waals surface area contributed by atoms with Crippen LogP contribution in [0.2, 0.25) is 0 Å². The van der Waals surface area contributed by atoms with Gasteiger partial charge in [0, 0.05) is 19.0 Å². The van der Waals surface area contributed by atoms with Gasteiger partial charge in [-0.1, -0.05) is 13.8 Å². The van der Waals surface area contributed by atoms with E-state index < -0.39 is 6.29 Å². The fraction of sp³-hybridized carbons (Fsp3) is 1.00. The third kappa shape index (κ3) is 1.97. The van der Waals surface area contributed by atoms with Crippen molar-refractivity contribution in [3.05, 3.63) is 0 Å². The molecule has 1 fully saturated rings. The van der Waals surface area contributed by atoms with Gasteiger partial charge in [-0.15, -0.1) is 0 Å². The average Bonchev–Trinajstić information content (AvgIpc) is 1.82. The van der Waals surface area contributed by atoms with Crippen LogP contribution in [0.5, 0.6) is 0 Å². The quantitative estimate of drug-likeness (QED) is 0.596. The van der Waals surface area contributed by atoms with Gasteiger partial charge in [0.15, 0.2) is 6.29 Å². The van der Waals surface area contributed by atoms with Gasteiger partial charge in [-0.25, -0.2) is 0 Å². The summed E-state index contributed by atoms with van der Waals surface area (Å²) in [4.78, 5) is 2.20. The molecule has 1 aliphatic rings. The van der Waals surface area contributed by atoms with Gasteiger partial charge in [0.25, 0.3) is 0 Å². The standard InChI is InChI=1S/C9H19NO2/c1-6(2)8(9(11)12)7-4-10(3)5-7/h6-9,11-12H,4-5H2,1-3H3. The Kier molecular flexibility index (Phi) is 3.09. The molecule has 0 aromatic carbocycles. The van der Waals surface area contributed by atoms with Gasteiger partial charge in [-0.2, -0.15) is 0 Å². The molecule has 2 N–H and O–H groups in total. The molecule has 0 bridgehead atoms. The van der Waals surface area contributed by atoms with Crippen LogP contribution in [0.25, 0.3) is 0 Å².